The molecule has 3 aromatic rings. The van der Waals surface area contributed by atoms with Crippen LogP contribution in [0.2, 0.25) is 0 Å². The first-order chi connectivity index (χ1) is 12.5. The SMILES string of the molecule is CCc1ccc(S(=O)(=O)NCCn2nc(-c3ccco3)ccc2=O)cc1. The molecule has 0 aliphatic rings. The maximum absolute atomic E-state index is 12.3. The Labute approximate surface area is 151 Å². The molecule has 0 saturated heterocycles. The van der Waals surface area contributed by atoms with Gasteiger partial charge in [0, 0.05) is 12.6 Å². The van der Waals surface area contributed by atoms with E-state index in [0.717, 1.165) is 12.0 Å². The average molecular weight is 373 g/mol. The molecule has 0 fully saturated rings. The van der Waals surface area contributed by atoms with Gasteiger partial charge in [-0.3, -0.25) is 4.79 Å². The van der Waals surface area contributed by atoms with Gasteiger partial charge >= 0.3 is 0 Å². The summed E-state index contributed by atoms with van der Waals surface area (Å²) in [7, 11) is -3.63. The number of furan rings is 1. The monoisotopic (exact) mass is 373 g/mol. The summed E-state index contributed by atoms with van der Waals surface area (Å²) in [5, 5.41) is 4.21. The zero-order chi connectivity index (χ0) is 18.6. The zero-order valence-corrected chi connectivity index (χ0v) is 15.1. The minimum Gasteiger partial charge on any atom is -0.463 e. The summed E-state index contributed by atoms with van der Waals surface area (Å²) in [5.74, 6) is 0.537. The van der Waals surface area contributed by atoms with Gasteiger partial charge in [0.05, 0.1) is 17.7 Å². The molecule has 2 aromatic heterocycles. The molecule has 26 heavy (non-hydrogen) atoms. The zero-order valence-electron chi connectivity index (χ0n) is 14.3. The van der Waals surface area contributed by atoms with E-state index in [0.29, 0.717) is 11.5 Å². The Hall–Kier alpha value is -2.71. The van der Waals surface area contributed by atoms with Crippen molar-refractivity contribution in [3.8, 4) is 11.5 Å². The van der Waals surface area contributed by atoms with Crippen molar-refractivity contribution in [1.29, 1.82) is 0 Å². The third-order valence-corrected chi connectivity index (χ3v) is 5.37. The Kier molecular flexibility index (Phi) is 5.34. The molecular formula is C18H19N3O4S. The lowest BCUT2D eigenvalue weighted by Gasteiger charge is -2.09. The van der Waals surface area contributed by atoms with Gasteiger partial charge in [-0.05, 0) is 42.3 Å². The van der Waals surface area contributed by atoms with Gasteiger partial charge in [0.1, 0.15) is 5.69 Å². The first-order valence-electron chi connectivity index (χ1n) is 8.20. The predicted molar refractivity (Wildman–Crippen MR) is 97.2 cm³/mol. The van der Waals surface area contributed by atoms with Gasteiger partial charge in [-0.15, -0.1) is 0 Å². The van der Waals surface area contributed by atoms with E-state index in [1.807, 2.05) is 6.92 Å². The number of hydrogen-bond donors (Lipinski definition) is 1. The largest absolute Gasteiger partial charge is 0.463 e. The molecule has 0 aliphatic heterocycles. The van der Waals surface area contributed by atoms with E-state index in [2.05, 4.69) is 9.82 Å². The second-order valence-corrected chi connectivity index (χ2v) is 7.42. The van der Waals surface area contributed by atoms with Crippen molar-refractivity contribution in [3.63, 3.8) is 0 Å². The maximum Gasteiger partial charge on any atom is 0.266 e. The fourth-order valence-corrected chi connectivity index (χ4v) is 3.46. The van der Waals surface area contributed by atoms with Crippen LogP contribution in [0.5, 0.6) is 0 Å². The Balaban J connectivity index is 1.69. The minimum atomic E-state index is -3.63. The highest BCUT2D eigenvalue weighted by molar-refractivity contribution is 7.89. The number of hydrogen-bond acceptors (Lipinski definition) is 5. The van der Waals surface area contributed by atoms with E-state index in [1.54, 1.807) is 42.5 Å². The normalized spacial score (nSPS) is 11.6. The van der Waals surface area contributed by atoms with Gasteiger partial charge in [-0.25, -0.2) is 17.8 Å². The van der Waals surface area contributed by atoms with Crippen LogP contribution in [0.15, 0.2) is 68.9 Å². The second kappa shape index (κ2) is 7.67. The second-order valence-electron chi connectivity index (χ2n) is 5.65. The van der Waals surface area contributed by atoms with Gasteiger partial charge < -0.3 is 4.42 Å². The summed E-state index contributed by atoms with van der Waals surface area (Å²) < 4.78 is 33.6. The van der Waals surface area contributed by atoms with Crippen molar-refractivity contribution in [2.75, 3.05) is 6.54 Å². The standard InChI is InChI=1S/C18H19N3O4S/c1-2-14-5-7-15(8-6-14)26(23,24)19-11-12-21-18(22)10-9-16(20-21)17-4-3-13-25-17/h3-10,13,19H,2,11-12H2,1H3. The molecule has 3 rings (SSSR count). The molecule has 0 atom stereocenters. The number of aromatic nitrogens is 2. The quantitative estimate of drug-likeness (QED) is 0.684. The van der Waals surface area contributed by atoms with E-state index in [9.17, 15) is 13.2 Å². The van der Waals surface area contributed by atoms with E-state index in [4.69, 9.17) is 4.42 Å². The first-order valence-corrected chi connectivity index (χ1v) is 9.68. The van der Waals surface area contributed by atoms with E-state index in [1.165, 1.54) is 17.0 Å². The van der Waals surface area contributed by atoms with E-state index in [-0.39, 0.29) is 23.5 Å². The van der Waals surface area contributed by atoms with Crippen molar-refractivity contribution in [3.05, 3.63) is 70.7 Å². The highest BCUT2D eigenvalue weighted by atomic mass is 32.2. The number of rotatable bonds is 7. The fraction of sp³-hybridized carbons (Fsp3) is 0.222. The van der Waals surface area contributed by atoms with Crippen molar-refractivity contribution in [2.24, 2.45) is 0 Å². The summed E-state index contributed by atoms with van der Waals surface area (Å²) in [4.78, 5) is 12.1. The third-order valence-electron chi connectivity index (χ3n) is 3.90. The highest BCUT2D eigenvalue weighted by Crippen LogP contribution is 2.15. The van der Waals surface area contributed by atoms with Crippen molar-refractivity contribution in [2.45, 2.75) is 24.8 Å². The first kappa shape index (κ1) is 18.1. The molecule has 1 aromatic carbocycles. The van der Waals surface area contributed by atoms with Crippen molar-refractivity contribution >= 4 is 10.0 Å². The molecule has 0 amide bonds. The minimum absolute atomic E-state index is 0.0480. The number of aryl methyl sites for hydroxylation is 1. The van der Waals surface area contributed by atoms with Crippen LogP contribution in [0.4, 0.5) is 0 Å². The molecular weight excluding hydrogens is 354 g/mol. The predicted octanol–water partition coefficient (Wildman–Crippen LogP) is 2.04. The van der Waals surface area contributed by atoms with E-state index < -0.39 is 10.0 Å². The van der Waals surface area contributed by atoms with Gasteiger partial charge in [-0.1, -0.05) is 19.1 Å². The molecule has 2 heterocycles. The Morgan fingerprint density at radius 2 is 1.88 bits per heavy atom. The average Bonchev–Trinajstić information content (AvgIpc) is 3.18. The summed E-state index contributed by atoms with van der Waals surface area (Å²) >= 11 is 0. The number of nitrogens with one attached hydrogen (secondary N) is 1. The van der Waals surface area contributed by atoms with Crippen LogP contribution in [0.1, 0.15) is 12.5 Å². The molecule has 0 bridgehead atoms. The topological polar surface area (TPSA) is 94.2 Å². The van der Waals surface area contributed by atoms with Crippen LogP contribution in [-0.4, -0.2) is 24.7 Å². The molecule has 0 aliphatic carbocycles. The lowest BCUT2D eigenvalue weighted by molar-refractivity contribution is 0.539. The number of sulfonamides is 1. The smallest absolute Gasteiger partial charge is 0.266 e. The summed E-state index contributed by atoms with van der Waals surface area (Å²) in [5.41, 5.74) is 1.26. The molecule has 0 saturated carbocycles. The van der Waals surface area contributed by atoms with Crippen LogP contribution in [0, 0.1) is 0 Å². The van der Waals surface area contributed by atoms with Gasteiger partial charge in [-0.2, -0.15) is 5.10 Å². The van der Waals surface area contributed by atoms with Crippen LogP contribution in [-0.2, 0) is 23.0 Å². The lowest BCUT2D eigenvalue weighted by Crippen LogP contribution is -2.32. The van der Waals surface area contributed by atoms with Crippen LogP contribution < -0.4 is 10.3 Å². The third kappa shape index (κ3) is 4.09. The molecule has 1 N–H and O–H groups in total. The van der Waals surface area contributed by atoms with Crippen LogP contribution in [0.25, 0.3) is 11.5 Å². The Morgan fingerprint density at radius 1 is 1.12 bits per heavy atom. The number of benzene rings is 1. The summed E-state index contributed by atoms with van der Waals surface area (Å²) in [6.45, 7) is 2.16. The van der Waals surface area contributed by atoms with Crippen molar-refractivity contribution in [1.82, 2.24) is 14.5 Å². The van der Waals surface area contributed by atoms with Gasteiger partial charge in [0.15, 0.2) is 5.76 Å². The maximum atomic E-state index is 12.3. The Morgan fingerprint density at radius 3 is 2.54 bits per heavy atom. The van der Waals surface area contributed by atoms with Gasteiger partial charge in [0.25, 0.3) is 5.56 Å². The van der Waals surface area contributed by atoms with Crippen molar-refractivity contribution < 1.29 is 12.8 Å². The van der Waals surface area contributed by atoms with Gasteiger partial charge in [0.2, 0.25) is 10.0 Å². The highest BCUT2D eigenvalue weighted by Gasteiger charge is 2.13. The molecule has 0 unspecified atom stereocenters. The molecule has 136 valence electrons. The fourth-order valence-electron chi connectivity index (χ4n) is 2.44. The molecule has 8 heteroatoms. The molecule has 0 radical (unpaired) electrons. The number of nitrogens with zero attached hydrogens (tertiary/aromatic N) is 2. The van der Waals surface area contributed by atoms with Crippen LogP contribution in [0.3, 0.4) is 0 Å². The Bertz CT molecular complexity index is 1020. The summed E-state index contributed by atoms with van der Waals surface area (Å²) in [6.07, 6.45) is 2.36. The molecule has 7 nitrogen and oxygen atoms in total. The van der Waals surface area contributed by atoms with Crippen LogP contribution >= 0.6 is 0 Å². The molecule has 0 spiro atoms. The van der Waals surface area contributed by atoms with E-state index >= 15 is 0 Å². The summed E-state index contributed by atoms with van der Waals surface area (Å²) in [6, 6.07) is 13.1. The lowest BCUT2D eigenvalue weighted by atomic mass is 10.2.